The summed E-state index contributed by atoms with van der Waals surface area (Å²) in [5.74, 6) is 0.0653. The average Bonchev–Trinajstić information content (AvgIpc) is 2.61. The lowest BCUT2D eigenvalue weighted by atomic mass is 10.1. The number of rotatable bonds is 5. The molecule has 2 heterocycles. The number of anilines is 1. The quantitative estimate of drug-likeness (QED) is 0.910. The van der Waals surface area contributed by atoms with Gasteiger partial charge in [0.05, 0.1) is 12.2 Å². The number of hydrogen-bond donors (Lipinski definition) is 1. The summed E-state index contributed by atoms with van der Waals surface area (Å²) in [5.41, 5.74) is 4.26. The van der Waals surface area contributed by atoms with Crippen LogP contribution in [0.2, 0.25) is 0 Å². The number of piperazine rings is 1. The molecule has 1 aromatic heterocycles. The average molecular weight is 338 g/mol. The third-order valence-electron chi connectivity index (χ3n) is 4.69. The number of carbonyl (C=O) groups excluding carboxylic acids is 1. The number of amides is 1. The van der Waals surface area contributed by atoms with E-state index in [1.807, 2.05) is 50.4 Å². The van der Waals surface area contributed by atoms with Crippen LogP contribution >= 0.6 is 0 Å². The van der Waals surface area contributed by atoms with Gasteiger partial charge in [0.2, 0.25) is 5.91 Å². The lowest BCUT2D eigenvalue weighted by Crippen LogP contribution is -2.48. The van der Waals surface area contributed by atoms with Crippen molar-refractivity contribution >= 4 is 11.6 Å². The summed E-state index contributed by atoms with van der Waals surface area (Å²) < 4.78 is 0. The number of hydrogen-bond acceptors (Lipinski definition) is 4. The first-order valence-corrected chi connectivity index (χ1v) is 8.82. The second-order valence-electron chi connectivity index (χ2n) is 6.69. The maximum Gasteiger partial charge on any atom is 0.238 e. The molecular weight excluding hydrogens is 312 g/mol. The molecule has 1 fully saturated rings. The van der Waals surface area contributed by atoms with Crippen LogP contribution in [-0.2, 0) is 11.3 Å². The minimum absolute atomic E-state index is 0.0653. The predicted octanol–water partition coefficient (Wildman–Crippen LogP) is 2.45. The fraction of sp³-hybridized carbons (Fsp3) is 0.400. The highest BCUT2D eigenvalue weighted by atomic mass is 16.2. The van der Waals surface area contributed by atoms with Gasteiger partial charge >= 0.3 is 0 Å². The van der Waals surface area contributed by atoms with E-state index in [1.165, 1.54) is 0 Å². The number of aromatic nitrogens is 1. The molecule has 1 aliphatic heterocycles. The van der Waals surface area contributed by atoms with Crippen molar-refractivity contribution in [3.63, 3.8) is 0 Å². The molecule has 3 rings (SSSR count). The molecule has 1 aromatic carbocycles. The lowest BCUT2D eigenvalue weighted by molar-refractivity contribution is -0.117. The zero-order chi connectivity index (χ0) is 17.6. The van der Waals surface area contributed by atoms with Gasteiger partial charge in [-0.3, -0.25) is 19.6 Å². The van der Waals surface area contributed by atoms with Crippen LogP contribution in [0.3, 0.4) is 0 Å². The van der Waals surface area contributed by atoms with Crippen LogP contribution in [0.15, 0.2) is 42.6 Å². The Morgan fingerprint density at radius 2 is 1.68 bits per heavy atom. The second-order valence-corrected chi connectivity index (χ2v) is 6.69. The number of para-hydroxylation sites is 1. The first kappa shape index (κ1) is 17.6. The Labute approximate surface area is 149 Å². The Bertz CT molecular complexity index is 689. The molecule has 0 aliphatic carbocycles. The minimum Gasteiger partial charge on any atom is -0.324 e. The summed E-state index contributed by atoms with van der Waals surface area (Å²) in [6.45, 7) is 9.13. The van der Waals surface area contributed by atoms with E-state index in [9.17, 15) is 4.79 Å². The van der Waals surface area contributed by atoms with Crippen molar-refractivity contribution in [1.29, 1.82) is 0 Å². The Morgan fingerprint density at radius 1 is 1.00 bits per heavy atom. The van der Waals surface area contributed by atoms with Crippen LogP contribution in [0.25, 0.3) is 0 Å². The summed E-state index contributed by atoms with van der Waals surface area (Å²) >= 11 is 0. The third-order valence-corrected chi connectivity index (χ3v) is 4.69. The van der Waals surface area contributed by atoms with E-state index in [0.717, 1.165) is 55.2 Å². The van der Waals surface area contributed by atoms with Gasteiger partial charge in [0.15, 0.2) is 0 Å². The lowest BCUT2D eigenvalue weighted by Gasteiger charge is -2.34. The molecule has 132 valence electrons. The molecule has 25 heavy (non-hydrogen) atoms. The van der Waals surface area contributed by atoms with Gasteiger partial charge in [-0.15, -0.1) is 0 Å². The van der Waals surface area contributed by atoms with Gasteiger partial charge in [-0.05, 0) is 37.1 Å². The fourth-order valence-corrected chi connectivity index (χ4v) is 3.22. The van der Waals surface area contributed by atoms with Crippen LogP contribution in [0.4, 0.5) is 5.69 Å². The fourth-order valence-electron chi connectivity index (χ4n) is 3.22. The number of nitrogens with one attached hydrogen (secondary N) is 1. The van der Waals surface area contributed by atoms with Crippen molar-refractivity contribution in [2.45, 2.75) is 20.4 Å². The summed E-state index contributed by atoms with van der Waals surface area (Å²) in [6, 6.07) is 12.1. The number of aryl methyl sites for hydroxylation is 2. The maximum absolute atomic E-state index is 12.4. The topological polar surface area (TPSA) is 48.5 Å². The highest BCUT2D eigenvalue weighted by Gasteiger charge is 2.19. The van der Waals surface area contributed by atoms with Gasteiger partial charge < -0.3 is 5.32 Å². The van der Waals surface area contributed by atoms with Crippen molar-refractivity contribution in [3.8, 4) is 0 Å². The van der Waals surface area contributed by atoms with Crippen LogP contribution in [0.5, 0.6) is 0 Å². The summed E-state index contributed by atoms with van der Waals surface area (Å²) in [5, 5.41) is 3.07. The van der Waals surface area contributed by atoms with E-state index in [4.69, 9.17) is 0 Å². The van der Waals surface area contributed by atoms with Gasteiger partial charge in [-0.25, -0.2) is 0 Å². The standard InChI is InChI=1S/C20H26N4O/c1-16-6-5-7-17(2)20(16)22-19(25)15-24-12-10-23(11-13-24)14-18-8-3-4-9-21-18/h3-9H,10-15H2,1-2H3,(H,22,25). The summed E-state index contributed by atoms with van der Waals surface area (Å²) in [6.07, 6.45) is 1.84. The molecule has 0 unspecified atom stereocenters. The second kappa shape index (κ2) is 8.23. The molecule has 1 N–H and O–H groups in total. The molecule has 2 aromatic rings. The Morgan fingerprint density at radius 3 is 2.32 bits per heavy atom. The normalized spacial score (nSPS) is 15.9. The van der Waals surface area contributed by atoms with Crippen LogP contribution < -0.4 is 5.32 Å². The van der Waals surface area contributed by atoms with E-state index in [2.05, 4.69) is 26.2 Å². The van der Waals surface area contributed by atoms with Crippen molar-refractivity contribution in [2.75, 3.05) is 38.0 Å². The molecular formula is C20H26N4O. The molecule has 1 saturated heterocycles. The zero-order valence-corrected chi connectivity index (χ0v) is 15.0. The van der Waals surface area contributed by atoms with Crippen molar-refractivity contribution < 1.29 is 4.79 Å². The van der Waals surface area contributed by atoms with Crippen molar-refractivity contribution in [3.05, 3.63) is 59.4 Å². The Hall–Kier alpha value is -2.24. The molecule has 0 radical (unpaired) electrons. The summed E-state index contributed by atoms with van der Waals surface area (Å²) in [7, 11) is 0. The van der Waals surface area contributed by atoms with Crippen LogP contribution in [0, 0.1) is 13.8 Å². The van der Waals surface area contributed by atoms with E-state index in [1.54, 1.807) is 0 Å². The number of benzene rings is 1. The van der Waals surface area contributed by atoms with Gasteiger partial charge in [-0.2, -0.15) is 0 Å². The third kappa shape index (κ3) is 4.87. The van der Waals surface area contributed by atoms with Gasteiger partial charge in [0, 0.05) is 44.6 Å². The van der Waals surface area contributed by atoms with Crippen LogP contribution in [-0.4, -0.2) is 53.4 Å². The van der Waals surface area contributed by atoms with Gasteiger partial charge in [0.1, 0.15) is 0 Å². The SMILES string of the molecule is Cc1cccc(C)c1NC(=O)CN1CCN(Cc2ccccn2)CC1. The first-order valence-electron chi connectivity index (χ1n) is 8.82. The minimum atomic E-state index is 0.0653. The summed E-state index contributed by atoms with van der Waals surface area (Å²) in [4.78, 5) is 21.4. The number of carbonyl (C=O) groups is 1. The molecule has 0 saturated carbocycles. The van der Waals surface area contributed by atoms with Crippen molar-refractivity contribution in [2.24, 2.45) is 0 Å². The highest BCUT2D eigenvalue weighted by Crippen LogP contribution is 2.19. The Balaban J connectivity index is 1.46. The van der Waals surface area contributed by atoms with E-state index < -0.39 is 0 Å². The van der Waals surface area contributed by atoms with Gasteiger partial charge in [-0.1, -0.05) is 24.3 Å². The molecule has 5 heteroatoms. The van der Waals surface area contributed by atoms with E-state index in [-0.39, 0.29) is 5.91 Å². The first-order chi connectivity index (χ1) is 12.1. The van der Waals surface area contributed by atoms with E-state index >= 15 is 0 Å². The molecule has 1 amide bonds. The molecule has 5 nitrogen and oxygen atoms in total. The highest BCUT2D eigenvalue weighted by molar-refractivity contribution is 5.93. The molecule has 1 aliphatic rings. The van der Waals surface area contributed by atoms with E-state index in [0.29, 0.717) is 6.54 Å². The molecule has 0 bridgehead atoms. The number of nitrogens with zero attached hydrogens (tertiary/aromatic N) is 3. The zero-order valence-electron chi connectivity index (χ0n) is 15.0. The predicted molar refractivity (Wildman–Crippen MR) is 100 cm³/mol. The van der Waals surface area contributed by atoms with Crippen LogP contribution in [0.1, 0.15) is 16.8 Å². The molecule has 0 atom stereocenters. The molecule has 0 spiro atoms. The maximum atomic E-state index is 12.4. The van der Waals surface area contributed by atoms with Gasteiger partial charge in [0.25, 0.3) is 0 Å². The Kier molecular flexibility index (Phi) is 5.79. The van der Waals surface area contributed by atoms with Crippen molar-refractivity contribution in [1.82, 2.24) is 14.8 Å². The number of pyridine rings is 1. The largest absolute Gasteiger partial charge is 0.324 e. The smallest absolute Gasteiger partial charge is 0.238 e. The monoisotopic (exact) mass is 338 g/mol.